The van der Waals surface area contributed by atoms with Gasteiger partial charge in [-0.1, -0.05) is 51.9 Å². The van der Waals surface area contributed by atoms with Crippen molar-refractivity contribution in [2.45, 2.75) is 58.3 Å². The van der Waals surface area contributed by atoms with Crippen LogP contribution >= 0.6 is 11.6 Å². The van der Waals surface area contributed by atoms with Gasteiger partial charge in [-0.2, -0.15) is 5.01 Å². The topological polar surface area (TPSA) is 49.7 Å². The fraction of sp³-hybridized carbons (Fsp3) is 0.917. The van der Waals surface area contributed by atoms with Crippen LogP contribution in [0, 0.1) is 4.91 Å². The maximum Gasteiger partial charge on any atom is 0.260 e. The summed E-state index contributed by atoms with van der Waals surface area (Å²) in [6.07, 6.45) is 9.42. The van der Waals surface area contributed by atoms with Crippen molar-refractivity contribution in [1.82, 2.24) is 5.01 Å². The number of rotatable bonds is 11. The van der Waals surface area contributed by atoms with Crippen LogP contribution in [0.4, 0.5) is 0 Å². The molecular formula is C12H23ClN2O2. The molecule has 0 aromatic rings. The second-order valence-corrected chi connectivity index (χ2v) is 4.47. The Morgan fingerprint density at radius 2 is 1.59 bits per heavy atom. The van der Waals surface area contributed by atoms with Crippen LogP contribution in [0.25, 0.3) is 0 Å². The summed E-state index contributed by atoms with van der Waals surface area (Å²) in [6.45, 7) is 2.60. The van der Waals surface area contributed by atoms with Gasteiger partial charge in [0.25, 0.3) is 5.91 Å². The molecule has 0 radical (unpaired) electrons. The number of halogens is 1. The Morgan fingerprint density at radius 1 is 1.06 bits per heavy atom. The smallest absolute Gasteiger partial charge is 0.260 e. The minimum atomic E-state index is -0.412. The van der Waals surface area contributed by atoms with Gasteiger partial charge in [0.05, 0.1) is 5.29 Å². The molecule has 4 nitrogen and oxygen atoms in total. The summed E-state index contributed by atoms with van der Waals surface area (Å²) in [5.74, 6) is -0.590. The zero-order chi connectivity index (χ0) is 12.9. The van der Waals surface area contributed by atoms with Crippen molar-refractivity contribution in [1.29, 1.82) is 0 Å². The van der Waals surface area contributed by atoms with E-state index in [9.17, 15) is 9.70 Å². The van der Waals surface area contributed by atoms with Gasteiger partial charge in [-0.15, -0.1) is 16.5 Å². The predicted octanol–water partition coefficient (Wildman–Crippen LogP) is 3.88. The first-order chi connectivity index (χ1) is 8.26. The van der Waals surface area contributed by atoms with Crippen LogP contribution in [-0.4, -0.2) is 23.3 Å². The highest BCUT2D eigenvalue weighted by Gasteiger charge is 2.11. The van der Waals surface area contributed by atoms with Gasteiger partial charge in [-0.25, -0.2) is 0 Å². The van der Waals surface area contributed by atoms with E-state index in [-0.39, 0.29) is 5.88 Å². The van der Waals surface area contributed by atoms with Gasteiger partial charge in [0.1, 0.15) is 5.88 Å². The average Bonchev–Trinajstić information content (AvgIpc) is 2.36. The van der Waals surface area contributed by atoms with Gasteiger partial charge < -0.3 is 0 Å². The number of carbonyl (C=O) groups is 1. The Balaban J connectivity index is 3.37. The lowest BCUT2D eigenvalue weighted by atomic mass is 10.1. The van der Waals surface area contributed by atoms with Crippen molar-refractivity contribution < 1.29 is 4.79 Å². The zero-order valence-corrected chi connectivity index (χ0v) is 11.4. The number of amides is 1. The molecule has 0 aromatic carbocycles. The van der Waals surface area contributed by atoms with E-state index < -0.39 is 5.91 Å². The van der Waals surface area contributed by atoms with Gasteiger partial charge in [0, 0.05) is 6.54 Å². The first kappa shape index (κ1) is 16.4. The minimum absolute atomic E-state index is 0.178. The molecule has 0 saturated carbocycles. The highest BCUT2D eigenvalue weighted by molar-refractivity contribution is 6.27. The average molecular weight is 263 g/mol. The normalized spacial score (nSPS) is 10.2. The summed E-state index contributed by atoms with van der Waals surface area (Å²) in [6, 6.07) is 0. The molecule has 0 unspecified atom stereocenters. The number of nitrogens with zero attached hydrogens (tertiary/aromatic N) is 2. The highest BCUT2D eigenvalue weighted by Crippen LogP contribution is 2.09. The summed E-state index contributed by atoms with van der Waals surface area (Å²) < 4.78 is 0. The van der Waals surface area contributed by atoms with E-state index in [2.05, 4.69) is 12.2 Å². The molecule has 0 heterocycles. The number of carbonyl (C=O) groups excluding carboxylic acids is 1. The second kappa shape index (κ2) is 11.8. The molecule has 0 rings (SSSR count). The van der Waals surface area contributed by atoms with Crippen molar-refractivity contribution in [3.63, 3.8) is 0 Å². The summed E-state index contributed by atoms with van der Waals surface area (Å²) >= 11 is 5.35. The van der Waals surface area contributed by atoms with Crippen LogP contribution < -0.4 is 0 Å². The summed E-state index contributed by atoms with van der Waals surface area (Å²) in [7, 11) is 0. The monoisotopic (exact) mass is 262 g/mol. The van der Waals surface area contributed by atoms with E-state index in [1.54, 1.807) is 0 Å². The third-order valence-corrected chi connectivity index (χ3v) is 2.95. The highest BCUT2D eigenvalue weighted by atomic mass is 35.5. The number of nitroso groups, excluding NO2 is 1. The summed E-state index contributed by atoms with van der Waals surface area (Å²) in [5, 5.41) is 3.59. The standard InChI is InChI=1S/C12H23ClN2O2/c1-2-3-4-5-6-7-8-9-10-15(14-17)12(16)11-13/h2-11H2,1H3. The number of hydrogen-bond donors (Lipinski definition) is 0. The fourth-order valence-electron chi connectivity index (χ4n) is 1.68. The van der Waals surface area contributed by atoms with E-state index in [4.69, 9.17) is 11.6 Å². The molecule has 100 valence electrons. The number of alkyl halides is 1. The van der Waals surface area contributed by atoms with Gasteiger partial charge in [-0.05, 0) is 6.42 Å². The van der Waals surface area contributed by atoms with Gasteiger partial charge in [-0.3, -0.25) is 4.79 Å². The molecule has 0 spiro atoms. The molecule has 0 aliphatic carbocycles. The SMILES string of the molecule is CCCCCCCCCCN(N=O)C(=O)CCl. The Kier molecular flexibility index (Phi) is 11.4. The first-order valence-corrected chi connectivity index (χ1v) is 6.99. The van der Waals surface area contributed by atoms with Gasteiger partial charge >= 0.3 is 0 Å². The largest absolute Gasteiger partial charge is 0.271 e. The molecule has 1 amide bonds. The van der Waals surface area contributed by atoms with Crippen molar-refractivity contribution in [2.24, 2.45) is 5.29 Å². The van der Waals surface area contributed by atoms with Crippen LogP contribution in [0.3, 0.4) is 0 Å². The lowest BCUT2D eigenvalue weighted by Crippen LogP contribution is -2.27. The molecule has 0 atom stereocenters. The van der Waals surface area contributed by atoms with Gasteiger partial charge in [0.2, 0.25) is 0 Å². The van der Waals surface area contributed by atoms with Crippen molar-refractivity contribution in [2.75, 3.05) is 12.4 Å². The van der Waals surface area contributed by atoms with E-state index in [1.807, 2.05) is 0 Å². The predicted molar refractivity (Wildman–Crippen MR) is 70.8 cm³/mol. The molecule has 0 bridgehead atoms. The van der Waals surface area contributed by atoms with Crippen molar-refractivity contribution >= 4 is 17.5 Å². The Hall–Kier alpha value is -0.640. The van der Waals surface area contributed by atoms with E-state index >= 15 is 0 Å². The quantitative estimate of drug-likeness (QED) is 0.246. The van der Waals surface area contributed by atoms with Crippen LogP contribution in [0.2, 0.25) is 0 Å². The lowest BCUT2D eigenvalue weighted by Gasteiger charge is -2.11. The van der Waals surface area contributed by atoms with E-state index in [1.165, 1.54) is 32.1 Å². The molecule has 0 aliphatic heterocycles. The first-order valence-electron chi connectivity index (χ1n) is 6.45. The van der Waals surface area contributed by atoms with Crippen molar-refractivity contribution in [3.05, 3.63) is 4.91 Å². The third kappa shape index (κ3) is 9.10. The number of unbranched alkanes of at least 4 members (excludes halogenated alkanes) is 7. The van der Waals surface area contributed by atoms with Crippen LogP contribution in [0.5, 0.6) is 0 Å². The second-order valence-electron chi connectivity index (χ2n) is 4.21. The summed E-state index contributed by atoms with van der Waals surface area (Å²) in [4.78, 5) is 21.4. The van der Waals surface area contributed by atoms with Crippen LogP contribution in [0.1, 0.15) is 58.3 Å². The Bertz CT molecular complexity index is 213. The van der Waals surface area contributed by atoms with E-state index in [0.717, 1.165) is 24.3 Å². The summed E-state index contributed by atoms with van der Waals surface area (Å²) in [5.41, 5.74) is 0. The minimum Gasteiger partial charge on any atom is -0.271 e. The Morgan fingerprint density at radius 3 is 2.06 bits per heavy atom. The lowest BCUT2D eigenvalue weighted by molar-refractivity contribution is -0.128. The third-order valence-electron chi connectivity index (χ3n) is 2.72. The number of hydrogen-bond acceptors (Lipinski definition) is 3. The Labute approximate surface area is 109 Å². The van der Waals surface area contributed by atoms with Gasteiger partial charge in [0.15, 0.2) is 0 Å². The molecular weight excluding hydrogens is 240 g/mol. The zero-order valence-electron chi connectivity index (χ0n) is 10.7. The van der Waals surface area contributed by atoms with Crippen LogP contribution in [0.15, 0.2) is 5.29 Å². The molecule has 0 N–H and O–H groups in total. The van der Waals surface area contributed by atoms with E-state index in [0.29, 0.717) is 6.54 Å². The molecule has 0 fully saturated rings. The maximum atomic E-state index is 11.1. The molecule has 5 heteroatoms. The molecule has 0 aliphatic rings. The van der Waals surface area contributed by atoms with Crippen LogP contribution in [-0.2, 0) is 4.79 Å². The molecule has 17 heavy (non-hydrogen) atoms. The maximum absolute atomic E-state index is 11.1. The fourth-order valence-corrected chi connectivity index (χ4v) is 1.81. The molecule has 0 saturated heterocycles. The molecule has 0 aromatic heterocycles. The van der Waals surface area contributed by atoms with Crippen molar-refractivity contribution in [3.8, 4) is 0 Å².